The van der Waals surface area contributed by atoms with Crippen LogP contribution in [0.4, 0.5) is 11.5 Å². The Bertz CT molecular complexity index is 2430. The van der Waals surface area contributed by atoms with Crippen LogP contribution in [0.2, 0.25) is 10.0 Å². The average molecular weight is 749 g/mol. The first-order chi connectivity index (χ1) is 25.8. The molecule has 0 spiro atoms. The molecule has 11 nitrogen and oxygen atoms in total. The summed E-state index contributed by atoms with van der Waals surface area (Å²) in [6.45, 7) is 4.42. The second-order valence-electron chi connectivity index (χ2n) is 13.3. The topological polar surface area (TPSA) is 149 Å². The summed E-state index contributed by atoms with van der Waals surface area (Å²) in [5.41, 5.74) is 7.50. The summed E-state index contributed by atoms with van der Waals surface area (Å²) in [6.07, 6.45) is 5.51. The van der Waals surface area contributed by atoms with Crippen LogP contribution < -0.4 is 10.6 Å². The van der Waals surface area contributed by atoms with Crippen molar-refractivity contribution in [3.05, 3.63) is 99.3 Å². The quantitative estimate of drug-likeness (QED) is 0.118. The minimum Gasteiger partial charge on any atom is -0.465 e. The van der Waals surface area contributed by atoms with Crippen LogP contribution in [0, 0.1) is 11.3 Å². The van der Waals surface area contributed by atoms with Crippen molar-refractivity contribution in [2.45, 2.75) is 44.9 Å². The summed E-state index contributed by atoms with van der Waals surface area (Å²) in [5.74, 6) is 0.517. The normalized spacial score (nSPS) is 17.0. The zero-order valence-corrected chi connectivity index (χ0v) is 30.3. The molecular weight excluding hydrogens is 713 g/mol. The first kappa shape index (κ1) is 35.0. The van der Waals surface area contributed by atoms with Gasteiger partial charge >= 0.3 is 5.97 Å². The van der Waals surface area contributed by atoms with Gasteiger partial charge in [-0.2, -0.15) is 5.26 Å². The average Bonchev–Trinajstić information content (AvgIpc) is 3.89. The van der Waals surface area contributed by atoms with Gasteiger partial charge in [-0.25, -0.2) is 9.97 Å². The van der Waals surface area contributed by atoms with Crippen molar-refractivity contribution in [1.29, 1.82) is 5.26 Å². The molecule has 3 aromatic carbocycles. The number of aliphatic hydroxyl groups excluding tert-OH is 1. The molecule has 1 fully saturated rings. The number of nitrogens with one attached hydrogen (secondary N) is 2. The minimum absolute atomic E-state index is 0.0752. The molecule has 0 amide bonds. The lowest BCUT2D eigenvalue weighted by atomic mass is 10.0. The van der Waals surface area contributed by atoms with E-state index in [-0.39, 0.29) is 30.6 Å². The van der Waals surface area contributed by atoms with Gasteiger partial charge in [0.25, 0.3) is 0 Å². The molecule has 1 saturated heterocycles. The van der Waals surface area contributed by atoms with Crippen molar-refractivity contribution >= 4 is 62.7 Å². The highest BCUT2D eigenvalue weighted by Crippen LogP contribution is 2.44. The lowest BCUT2D eigenvalue weighted by Crippen LogP contribution is -2.27. The molecule has 1 aliphatic carbocycles. The number of nitrogens with zero attached hydrogens (tertiary/aromatic N) is 5. The number of anilines is 2. The number of rotatable bonds is 10. The van der Waals surface area contributed by atoms with E-state index in [0.717, 1.165) is 48.0 Å². The molecule has 0 saturated carbocycles. The second kappa shape index (κ2) is 14.7. The van der Waals surface area contributed by atoms with E-state index in [1.165, 1.54) is 0 Å². The number of carbonyl (C=O) groups excluding carboxylic acids is 1. The van der Waals surface area contributed by atoms with E-state index >= 15 is 0 Å². The predicted molar refractivity (Wildman–Crippen MR) is 204 cm³/mol. The molecule has 4 heterocycles. The van der Waals surface area contributed by atoms with Crippen LogP contribution >= 0.6 is 23.2 Å². The van der Waals surface area contributed by atoms with Gasteiger partial charge in [-0.1, -0.05) is 47.5 Å². The summed E-state index contributed by atoms with van der Waals surface area (Å²) in [7, 11) is 0. The molecule has 268 valence electrons. The number of likely N-dealkylation sites (tertiary alicyclic amines) is 1. The lowest BCUT2D eigenvalue weighted by molar-refractivity contribution is -0.142. The van der Waals surface area contributed by atoms with E-state index in [4.69, 9.17) is 42.3 Å². The molecule has 0 bridgehead atoms. The van der Waals surface area contributed by atoms with Gasteiger partial charge in [0.1, 0.15) is 22.7 Å². The number of carbonyl (C=O) groups is 1. The third-order valence-corrected chi connectivity index (χ3v) is 10.7. The fraction of sp³-hybridized carbons (Fsp3) is 0.275. The van der Waals surface area contributed by atoms with Gasteiger partial charge < -0.3 is 24.9 Å². The number of esters is 1. The first-order valence-electron chi connectivity index (χ1n) is 17.6. The largest absolute Gasteiger partial charge is 0.465 e. The molecule has 6 aromatic rings. The van der Waals surface area contributed by atoms with Crippen LogP contribution in [0.3, 0.4) is 0 Å². The molecule has 53 heavy (non-hydrogen) atoms. The number of pyridine rings is 2. The Balaban J connectivity index is 1.08. The Kier molecular flexibility index (Phi) is 9.72. The summed E-state index contributed by atoms with van der Waals surface area (Å²) >= 11 is 14.2. The number of halogens is 2. The number of ether oxygens (including phenoxy) is 1. The van der Waals surface area contributed by atoms with E-state index in [2.05, 4.69) is 32.7 Å². The van der Waals surface area contributed by atoms with Crippen LogP contribution in [-0.4, -0.2) is 63.3 Å². The van der Waals surface area contributed by atoms with Crippen molar-refractivity contribution in [3.63, 3.8) is 0 Å². The van der Waals surface area contributed by atoms with Crippen LogP contribution in [0.5, 0.6) is 0 Å². The van der Waals surface area contributed by atoms with E-state index in [1.807, 2.05) is 54.7 Å². The molecule has 3 aromatic heterocycles. The second-order valence-corrected chi connectivity index (χ2v) is 14.0. The minimum atomic E-state index is -0.325. The maximum Gasteiger partial charge on any atom is 0.319 e. The zero-order valence-electron chi connectivity index (χ0n) is 28.8. The van der Waals surface area contributed by atoms with Crippen LogP contribution in [0.1, 0.15) is 48.1 Å². The number of aliphatic hydroxyl groups is 1. The number of β-amino-alcohol motifs (C(OH)–C–C–N with tert-alkyl or cyclic N) is 1. The van der Waals surface area contributed by atoms with Crippen LogP contribution in [0.15, 0.2) is 71.4 Å². The van der Waals surface area contributed by atoms with Gasteiger partial charge in [0.2, 0.25) is 5.89 Å². The standard InChI is InChI=1S/C40H35Cl2N7O4/c1-2-52-34(51)19-45-31-10-9-25-29(31)16-33-38(30(25)17-43)53-40(48-33)28-7-3-5-26(35(28)41)27-6-4-8-32(36(27)42)47-39-37-23(11-13-44-39)15-22(18-46-37)20-49-14-12-24(50)21-49/h3-8,11,13,15-16,18,24,31,45,50H,2,9-10,12,14,19-21H2,1H3,(H,44,47)/t24-,31+/m1/s1. The monoisotopic (exact) mass is 747 g/mol. The van der Waals surface area contributed by atoms with Gasteiger partial charge in [-0.15, -0.1) is 0 Å². The Hall–Kier alpha value is -5.09. The molecule has 1 aliphatic heterocycles. The highest BCUT2D eigenvalue weighted by molar-refractivity contribution is 6.39. The molecular formula is C40H35Cl2N7O4. The van der Waals surface area contributed by atoms with Gasteiger partial charge in [0.15, 0.2) is 11.4 Å². The highest BCUT2D eigenvalue weighted by atomic mass is 35.5. The summed E-state index contributed by atoms with van der Waals surface area (Å²) in [4.78, 5) is 28.3. The maximum atomic E-state index is 12.0. The maximum absolute atomic E-state index is 12.0. The molecule has 8 rings (SSSR count). The lowest BCUT2D eigenvalue weighted by Gasteiger charge is -2.16. The molecule has 13 heteroatoms. The van der Waals surface area contributed by atoms with Gasteiger partial charge in [0.05, 0.1) is 40.6 Å². The summed E-state index contributed by atoms with van der Waals surface area (Å²) in [6, 6.07) is 19.4. The SMILES string of the molecule is CCOC(=O)CN[C@H]1CCc2c1cc1nc(-c3cccc(-c4cccc(Nc5nccc6cc(CN7CC[C@@H](O)C7)cnc56)c4Cl)c3Cl)oc1c2C#N. The van der Waals surface area contributed by atoms with Crippen LogP contribution in [-0.2, 0) is 22.5 Å². The van der Waals surface area contributed by atoms with Crippen LogP contribution in [0.25, 0.3) is 44.6 Å². The van der Waals surface area contributed by atoms with Crippen molar-refractivity contribution in [2.24, 2.45) is 0 Å². The number of nitriles is 1. The third-order valence-electron chi connectivity index (χ3n) is 9.87. The Labute approximate surface area is 315 Å². The van der Waals surface area contributed by atoms with Crippen molar-refractivity contribution < 1.29 is 19.1 Å². The first-order valence-corrected chi connectivity index (χ1v) is 18.3. The third kappa shape index (κ3) is 6.81. The molecule has 2 atom stereocenters. The Morgan fingerprint density at radius 1 is 1.09 bits per heavy atom. The molecule has 0 radical (unpaired) electrons. The van der Waals surface area contributed by atoms with Gasteiger partial charge in [0, 0.05) is 54.6 Å². The number of aromatic nitrogens is 3. The van der Waals surface area contributed by atoms with E-state index < -0.39 is 0 Å². The van der Waals surface area contributed by atoms with E-state index in [9.17, 15) is 15.2 Å². The van der Waals surface area contributed by atoms with E-state index in [0.29, 0.717) is 80.0 Å². The van der Waals surface area contributed by atoms with Crippen molar-refractivity contribution in [1.82, 2.24) is 25.2 Å². The number of hydrogen-bond acceptors (Lipinski definition) is 11. The zero-order chi connectivity index (χ0) is 36.6. The fourth-order valence-electron chi connectivity index (χ4n) is 7.38. The molecule has 3 N–H and O–H groups in total. The van der Waals surface area contributed by atoms with Gasteiger partial charge in [-0.05, 0) is 73.2 Å². The number of oxazole rings is 1. The van der Waals surface area contributed by atoms with E-state index in [1.54, 1.807) is 13.1 Å². The predicted octanol–water partition coefficient (Wildman–Crippen LogP) is 7.73. The molecule has 0 unspecified atom stereocenters. The summed E-state index contributed by atoms with van der Waals surface area (Å²) in [5, 5.41) is 28.5. The number of hydrogen-bond donors (Lipinski definition) is 3. The Morgan fingerprint density at radius 3 is 2.70 bits per heavy atom. The fourth-order valence-corrected chi connectivity index (χ4v) is 7.96. The molecule has 2 aliphatic rings. The smallest absolute Gasteiger partial charge is 0.319 e. The van der Waals surface area contributed by atoms with Crippen molar-refractivity contribution in [3.8, 4) is 28.7 Å². The van der Waals surface area contributed by atoms with Crippen molar-refractivity contribution in [2.75, 3.05) is 31.6 Å². The van der Waals surface area contributed by atoms with Gasteiger partial charge in [-0.3, -0.25) is 14.7 Å². The number of benzene rings is 3. The highest BCUT2D eigenvalue weighted by Gasteiger charge is 2.30. The summed E-state index contributed by atoms with van der Waals surface area (Å²) < 4.78 is 11.3. The Morgan fingerprint density at radius 2 is 1.91 bits per heavy atom. The number of fused-ring (bicyclic) bond motifs is 3.